The van der Waals surface area contributed by atoms with Crippen LogP contribution in [0.4, 0.5) is 5.69 Å². The Morgan fingerprint density at radius 2 is 2.07 bits per heavy atom. The maximum Gasteiger partial charge on any atom is 0.266 e. The second kappa shape index (κ2) is 7.15. The van der Waals surface area contributed by atoms with Crippen LogP contribution >= 0.6 is 11.3 Å². The summed E-state index contributed by atoms with van der Waals surface area (Å²) in [4.78, 5) is 31.8. The van der Waals surface area contributed by atoms with Crippen LogP contribution in [0.1, 0.15) is 40.3 Å². The second-order valence-corrected chi connectivity index (χ2v) is 7.69. The van der Waals surface area contributed by atoms with Crippen molar-refractivity contribution >= 4 is 33.1 Å². The molecule has 0 saturated heterocycles. The van der Waals surface area contributed by atoms with Gasteiger partial charge >= 0.3 is 0 Å². The molecule has 6 nitrogen and oxygen atoms in total. The predicted molar refractivity (Wildman–Crippen MR) is 107 cm³/mol. The van der Waals surface area contributed by atoms with Crippen molar-refractivity contribution in [1.82, 2.24) is 9.55 Å². The van der Waals surface area contributed by atoms with Crippen molar-refractivity contribution in [2.24, 2.45) is 0 Å². The summed E-state index contributed by atoms with van der Waals surface area (Å²) in [5, 5.41) is 3.45. The maximum atomic E-state index is 13.0. The number of fused-ring (bicyclic) bond motifs is 2. The molecule has 4 rings (SSSR count). The molecule has 1 amide bonds. The highest BCUT2D eigenvalue weighted by molar-refractivity contribution is 7.20. The highest BCUT2D eigenvalue weighted by Gasteiger charge is 2.22. The summed E-state index contributed by atoms with van der Waals surface area (Å²) in [7, 11) is 1.56. The maximum absolute atomic E-state index is 13.0. The summed E-state index contributed by atoms with van der Waals surface area (Å²) in [6.07, 6.45) is 3.96. The molecule has 27 heavy (non-hydrogen) atoms. The SMILES string of the molecule is COc1ccccc1NC(=O)c1sc2nc3n(c(=O)c2c1C)CCCCC3. The van der Waals surface area contributed by atoms with E-state index in [1.165, 1.54) is 11.3 Å². The third kappa shape index (κ3) is 3.12. The Morgan fingerprint density at radius 1 is 1.26 bits per heavy atom. The number of hydrogen-bond donors (Lipinski definition) is 1. The first-order valence-corrected chi connectivity index (χ1v) is 9.89. The molecule has 0 aliphatic carbocycles. The van der Waals surface area contributed by atoms with E-state index in [-0.39, 0.29) is 11.5 Å². The molecule has 0 fully saturated rings. The van der Waals surface area contributed by atoms with E-state index >= 15 is 0 Å². The third-order valence-electron chi connectivity index (χ3n) is 4.97. The summed E-state index contributed by atoms with van der Waals surface area (Å²) in [5.74, 6) is 1.18. The fraction of sp³-hybridized carbons (Fsp3) is 0.350. The van der Waals surface area contributed by atoms with Gasteiger partial charge in [-0.1, -0.05) is 18.6 Å². The Bertz CT molecular complexity index is 1080. The zero-order valence-electron chi connectivity index (χ0n) is 15.4. The lowest BCUT2D eigenvalue weighted by molar-refractivity contribution is 0.102. The molecule has 3 heterocycles. The van der Waals surface area contributed by atoms with Crippen molar-refractivity contribution in [3.05, 3.63) is 50.9 Å². The molecule has 0 bridgehead atoms. The van der Waals surface area contributed by atoms with E-state index in [1.54, 1.807) is 23.8 Å². The molecule has 2 aromatic heterocycles. The molecule has 7 heteroatoms. The Balaban J connectivity index is 1.77. The number of carbonyl (C=O) groups excluding carboxylic acids is 1. The average Bonchev–Trinajstić information content (AvgIpc) is 2.84. The number of nitrogens with one attached hydrogen (secondary N) is 1. The first-order chi connectivity index (χ1) is 13.1. The highest BCUT2D eigenvalue weighted by Crippen LogP contribution is 2.30. The molecular formula is C20H21N3O3S. The number of hydrogen-bond acceptors (Lipinski definition) is 5. The Kier molecular flexibility index (Phi) is 4.70. The van der Waals surface area contributed by atoms with Crippen LogP contribution in [0.15, 0.2) is 29.1 Å². The molecule has 0 spiro atoms. The van der Waals surface area contributed by atoms with Crippen LogP contribution in [0, 0.1) is 6.92 Å². The normalized spacial score (nSPS) is 13.9. The van der Waals surface area contributed by atoms with Gasteiger partial charge < -0.3 is 10.1 Å². The minimum Gasteiger partial charge on any atom is -0.495 e. The van der Waals surface area contributed by atoms with Crippen LogP contribution in [0.2, 0.25) is 0 Å². The monoisotopic (exact) mass is 383 g/mol. The zero-order valence-corrected chi connectivity index (χ0v) is 16.2. The Labute approximate surface area is 160 Å². The van der Waals surface area contributed by atoms with Gasteiger partial charge in [0.1, 0.15) is 16.4 Å². The van der Waals surface area contributed by atoms with Crippen LogP contribution in [0.5, 0.6) is 5.75 Å². The summed E-state index contributed by atoms with van der Waals surface area (Å²) in [6.45, 7) is 2.53. The van der Waals surface area contributed by atoms with Gasteiger partial charge in [0.15, 0.2) is 0 Å². The Hall–Kier alpha value is -2.67. The largest absolute Gasteiger partial charge is 0.495 e. The standard InChI is InChI=1S/C20H21N3O3S/c1-12-16-19(22-15-10-4-3-7-11-23(15)20(16)25)27-17(12)18(24)21-13-8-5-6-9-14(13)26-2/h5-6,8-9H,3-4,7,10-11H2,1-2H3,(H,21,24). The minimum absolute atomic E-state index is 0.0259. The smallest absolute Gasteiger partial charge is 0.266 e. The van der Waals surface area contributed by atoms with Crippen LogP contribution in [0.25, 0.3) is 10.2 Å². The number of aryl methyl sites for hydroxylation is 2. The molecular weight excluding hydrogens is 362 g/mol. The van der Waals surface area contributed by atoms with Gasteiger partial charge in [-0.15, -0.1) is 11.3 Å². The molecule has 3 aromatic rings. The minimum atomic E-state index is -0.250. The fourth-order valence-corrected chi connectivity index (χ4v) is 4.64. The summed E-state index contributed by atoms with van der Waals surface area (Å²) < 4.78 is 7.08. The summed E-state index contributed by atoms with van der Waals surface area (Å²) in [6, 6.07) is 7.26. The van der Waals surface area contributed by atoms with Crippen molar-refractivity contribution in [2.45, 2.75) is 39.2 Å². The van der Waals surface area contributed by atoms with Gasteiger partial charge in [-0.25, -0.2) is 4.98 Å². The van der Waals surface area contributed by atoms with Crippen molar-refractivity contribution in [3.63, 3.8) is 0 Å². The zero-order chi connectivity index (χ0) is 19.0. The number of amides is 1. The van der Waals surface area contributed by atoms with Crippen LogP contribution in [0.3, 0.4) is 0 Å². The first kappa shape index (κ1) is 17.7. The Morgan fingerprint density at radius 3 is 2.89 bits per heavy atom. The molecule has 0 radical (unpaired) electrons. The number of benzene rings is 1. The lowest BCUT2D eigenvalue weighted by Crippen LogP contribution is -2.24. The first-order valence-electron chi connectivity index (χ1n) is 9.07. The number of anilines is 1. The van der Waals surface area contributed by atoms with Crippen molar-refractivity contribution < 1.29 is 9.53 Å². The van der Waals surface area contributed by atoms with Crippen molar-refractivity contribution in [1.29, 1.82) is 0 Å². The molecule has 0 unspecified atom stereocenters. The molecule has 140 valence electrons. The number of aromatic nitrogens is 2. The van der Waals surface area contributed by atoms with Gasteiger partial charge in [0.25, 0.3) is 11.5 Å². The van der Waals surface area contributed by atoms with Gasteiger partial charge in [-0.3, -0.25) is 14.2 Å². The molecule has 1 aliphatic rings. The van der Waals surface area contributed by atoms with Gasteiger partial charge in [0.05, 0.1) is 23.1 Å². The van der Waals surface area contributed by atoms with Crippen LogP contribution in [-0.4, -0.2) is 22.6 Å². The summed E-state index contributed by atoms with van der Waals surface area (Å²) in [5.41, 5.74) is 1.27. The molecule has 1 aliphatic heterocycles. The molecule has 0 saturated carbocycles. The number of methoxy groups -OCH3 is 1. The van der Waals surface area contributed by atoms with Gasteiger partial charge in [-0.2, -0.15) is 0 Å². The average molecular weight is 383 g/mol. The molecule has 1 N–H and O–H groups in total. The van der Waals surface area contributed by atoms with Crippen molar-refractivity contribution in [3.8, 4) is 5.75 Å². The number of nitrogens with zero attached hydrogens (tertiary/aromatic N) is 2. The number of ether oxygens (including phenoxy) is 1. The topological polar surface area (TPSA) is 73.2 Å². The van der Waals surface area contributed by atoms with E-state index in [2.05, 4.69) is 5.32 Å². The van der Waals surface area contributed by atoms with Gasteiger partial charge in [-0.05, 0) is 37.5 Å². The summed E-state index contributed by atoms with van der Waals surface area (Å²) >= 11 is 1.28. The predicted octanol–water partition coefficient (Wildman–Crippen LogP) is 3.75. The number of rotatable bonds is 3. The van der Waals surface area contributed by atoms with Gasteiger partial charge in [0, 0.05) is 13.0 Å². The van der Waals surface area contributed by atoms with Gasteiger partial charge in [0.2, 0.25) is 0 Å². The number of carbonyl (C=O) groups is 1. The van der Waals surface area contributed by atoms with E-state index in [0.29, 0.717) is 38.6 Å². The third-order valence-corrected chi connectivity index (χ3v) is 6.16. The van der Waals surface area contributed by atoms with E-state index in [1.807, 2.05) is 19.1 Å². The number of para-hydroxylation sites is 2. The molecule has 0 atom stereocenters. The lowest BCUT2D eigenvalue weighted by atomic mass is 10.2. The van der Waals surface area contributed by atoms with E-state index < -0.39 is 0 Å². The van der Waals surface area contributed by atoms with Crippen molar-refractivity contribution in [2.75, 3.05) is 12.4 Å². The highest BCUT2D eigenvalue weighted by atomic mass is 32.1. The quantitative estimate of drug-likeness (QED) is 0.747. The fourth-order valence-electron chi connectivity index (χ4n) is 3.55. The number of thiophene rings is 1. The van der Waals surface area contributed by atoms with E-state index in [0.717, 1.165) is 31.5 Å². The second-order valence-electron chi connectivity index (χ2n) is 6.69. The van der Waals surface area contributed by atoms with Crippen LogP contribution in [-0.2, 0) is 13.0 Å². The van der Waals surface area contributed by atoms with E-state index in [4.69, 9.17) is 9.72 Å². The van der Waals surface area contributed by atoms with E-state index in [9.17, 15) is 9.59 Å². The van der Waals surface area contributed by atoms with Crippen LogP contribution < -0.4 is 15.6 Å². The molecule has 1 aromatic carbocycles. The lowest BCUT2D eigenvalue weighted by Gasteiger charge is -2.09.